The molecule has 7 heteroatoms. The lowest BCUT2D eigenvalue weighted by Gasteiger charge is -2.08. The van der Waals surface area contributed by atoms with E-state index in [2.05, 4.69) is 12.6 Å². The van der Waals surface area contributed by atoms with Gasteiger partial charge in [0, 0.05) is 5.75 Å². The zero-order chi connectivity index (χ0) is 9.07. The standard InChI is InChI=1S/C4H9NO4S2/c1-11(8,9)5-3(2-10)4(6)7/h3,5,10H,2H2,1H3,(H,6,7)/t3-/m0/s1. The van der Waals surface area contributed by atoms with Gasteiger partial charge in [-0.3, -0.25) is 4.79 Å². The zero-order valence-corrected chi connectivity index (χ0v) is 7.52. The fourth-order valence-corrected chi connectivity index (χ4v) is 1.50. The lowest BCUT2D eigenvalue weighted by atomic mass is 10.4. The molecule has 5 nitrogen and oxygen atoms in total. The summed E-state index contributed by atoms with van der Waals surface area (Å²) in [6.45, 7) is 0. The van der Waals surface area contributed by atoms with Crippen molar-refractivity contribution in [2.75, 3.05) is 12.0 Å². The van der Waals surface area contributed by atoms with Crippen molar-refractivity contribution in [2.24, 2.45) is 0 Å². The minimum absolute atomic E-state index is 0.0671. The molecule has 0 aromatic heterocycles. The molecule has 0 amide bonds. The van der Waals surface area contributed by atoms with Crippen molar-refractivity contribution >= 4 is 28.6 Å². The van der Waals surface area contributed by atoms with Gasteiger partial charge < -0.3 is 5.11 Å². The van der Waals surface area contributed by atoms with Gasteiger partial charge in [-0.2, -0.15) is 12.6 Å². The van der Waals surface area contributed by atoms with E-state index in [1.807, 2.05) is 4.72 Å². The number of carboxylic acids is 1. The zero-order valence-electron chi connectivity index (χ0n) is 5.81. The molecule has 11 heavy (non-hydrogen) atoms. The van der Waals surface area contributed by atoms with Crippen molar-refractivity contribution < 1.29 is 18.3 Å². The van der Waals surface area contributed by atoms with Crippen LogP contribution in [0.5, 0.6) is 0 Å². The number of thiol groups is 1. The highest BCUT2D eigenvalue weighted by molar-refractivity contribution is 7.88. The fraction of sp³-hybridized carbons (Fsp3) is 0.750. The Morgan fingerprint density at radius 1 is 1.73 bits per heavy atom. The number of rotatable bonds is 4. The van der Waals surface area contributed by atoms with E-state index in [9.17, 15) is 13.2 Å². The van der Waals surface area contributed by atoms with Crippen molar-refractivity contribution in [1.29, 1.82) is 0 Å². The summed E-state index contributed by atoms with van der Waals surface area (Å²) in [5.74, 6) is -1.30. The molecule has 1 atom stereocenters. The van der Waals surface area contributed by atoms with Crippen molar-refractivity contribution in [3.05, 3.63) is 0 Å². The summed E-state index contributed by atoms with van der Waals surface area (Å²) in [6, 6.07) is -1.15. The molecule has 0 fully saturated rings. The van der Waals surface area contributed by atoms with E-state index in [4.69, 9.17) is 5.11 Å². The normalized spacial score (nSPS) is 14.4. The topological polar surface area (TPSA) is 83.5 Å². The first-order valence-corrected chi connectivity index (χ1v) is 5.20. The molecule has 0 aliphatic carbocycles. The van der Waals surface area contributed by atoms with Gasteiger partial charge in [0.15, 0.2) is 0 Å². The number of hydrogen-bond donors (Lipinski definition) is 3. The number of aliphatic carboxylic acids is 1. The van der Waals surface area contributed by atoms with Crippen LogP contribution >= 0.6 is 12.6 Å². The molecule has 2 N–H and O–H groups in total. The van der Waals surface area contributed by atoms with E-state index in [1.165, 1.54) is 0 Å². The SMILES string of the molecule is CS(=O)(=O)N[C@@H](CS)C(=O)O. The van der Waals surface area contributed by atoms with Crippen molar-refractivity contribution in [1.82, 2.24) is 4.72 Å². The molecule has 66 valence electrons. The maximum atomic E-state index is 10.5. The third-order valence-corrected chi connectivity index (χ3v) is 1.91. The number of hydrogen-bond acceptors (Lipinski definition) is 4. The number of sulfonamides is 1. The Labute approximate surface area is 70.3 Å². The van der Waals surface area contributed by atoms with Crippen LogP contribution in [0.15, 0.2) is 0 Å². The molecular formula is C4H9NO4S2. The number of carboxylic acid groups (broad SMARTS) is 1. The van der Waals surface area contributed by atoms with Crippen LogP contribution in [-0.4, -0.2) is 37.5 Å². The van der Waals surface area contributed by atoms with E-state index in [0.717, 1.165) is 6.26 Å². The third-order valence-electron chi connectivity index (χ3n) is 0.837. The quantitative estimate of drug-likeness (QED) is 0.503. The van der Waals surface area contributed by atoms with E-state index < -0.39 is 22.0 Å². The Bertz CT molecular complexity index is 234. The smallest absolute Gasteiger partial charge is 0.322 e. The monoisotopic (exact) mass is 199 g/mol. The molecule has 0 aliphatic rings. The second-order valence-corrected chi connectivity index (χ2v) is 4.11. The molecular weight excluding hydrogens is 190 g/mol. The van der Waals surface area contributed by atoms with Gasteiger partial charge in [0.2, 0.25) is 10.0 Å². The number of carbonyl (C=O) groups is 1. The second-order valence-electron chi connectivity index (χ2n) is 1.96. The Morgan fingerprint density at radius 3 is 2.27 bits per heavy atom. The minimum atomic E-state index is -3.46. The van der Waals surface area contributed by atoms with Gasteiger partial charge in [-0.25, -0.2) is 13.1 Å². The number of nitrogens with one attached hydrogen (secondary N) is 1. The predicted molar refractivity (Wildman–Crippen MR) is 43.3 cm³/mol. The van der Waals surface area contributed by atoms with Gasteiger partial charge in [-0.15, -0.1) is 0 Å². The van der Waals surface area contributed by atoms with E-state index in [0.29, 0.717) is 0 Å². The molecule has 0 bridgehead atoms. The Kier molecular flexibility index (Phi) is 3.84. The first kappa shape index (κ1) is 10.7. The van der Waals surface area contributed by atoms with Crippen LogP contribution in [-0.2, 0) is 14.8 Å². The summed E-state index contributed by atoms with van der Waals surface area (Å²) in [4.78, 5) is 10.2. The van der Waals surface area contributed by atoms with Gasteiger partial charge >= 0.3 is 5.97 Å². The highest BCUT2D eigenvalue weighted by atomic mass is 32.2. The third kappa shape index (κ3) is 5.05. The van der Waals surface area contributed by atoms with E-state index in [1.54, 1.807) is 0 Å². The Balaban J connectivity index is 4.22. The summed E-state index contributed by atoms with van der Waals surface area (Å²) < 4.78 is 22.9. The highest BCUT2D eigenvalue weighted by Gasteiger charge is 2.18. The molecule has 0 rings (SSSR count). The van der Waals surface area contributed by atoms with Gasteiger partial charge in [0.25, 0.3) is 0 Å². The van der Waals surface area contributed by atoms with Crippen LogP contribution in [0.2, 0.25) is 0 Å². The summed E-state index contributed by atoms with van der Waals surface area (Å²) in [5.41, 5.74) is 0. The molecule has 0 spiro atoms. The first-order valence-electron chi connectivity index (χ1n) is 2.68. The molecule has 0 saturated carbocycles. The molecule has 0 aromatic carbocycles. The lowest BCUT2D eigenvalue weighted by Crippen LogP contribution is -2.41. The maximum Gasteiger partial charge on any atom is 0.322 e. The highest BCUT2D eigenvalue weighted by Crippen LogP contribution is 1.90. The van der Waals surface area contributed by atoms with Gasteiger partial charge in [0.1, 0.15) is 6.04 Å². The van der Waals surface area contributed by atoms with Gasteiger partial charge in [-0.05, 0) is 0 Å². The van der Waals surface area contributed by atoms with Crippen LogP contribution in [0.25, 0.3) is 0 Å². The lowest BCUT2D eigenvalue weighted by molar-refractivity contribution is -0.138. The van der Waals surface area contributed by atoms with E-state index >= 15 is 0 Å². The average molecular weight is 199 g/mol. The summed E-state index contributed by atoms with van der Waals surface area (Å²) in [5, 5.41) is 8.36. The molecule has 0 saturated heterocycles. The van der Waals surface area contributed by atoms with Crippen molar-refractivity contribution in [3.63, 3.8) is 0 Å². The molecule has 0 radical (unpaired) electrons. The van der Waals surface area contributed by atoms with Crippen molar-refractivity contribution in [3.8, 4) is 0 Å². The fourth-order valence-electron chi connectivity index (χ4n) is 0.424. The first-order chi connectivity index (χ1) is 4.87. The summed E-state index contributed by atoms with van der Waals surface area (Å²) >= 11 is 3.66. The van der Waals surface area contributed by atoms with Crippen LogP contribution in [0.4, 0.5) is 0 Å². The summed E-state index contributed by atoms with van der Waals surface area (Å²) in [6.07, 6.45) is 0.895. The minimum Gasteiger partial charge on any atom is -0.480 e. The molecule has 0 aliphatic heterocycles. The summed E-state index contributed by atoms with van der Waals surface area (Å²) in [7, 11) is -3.46. The largest absolute Gasteiger partial charge is 0.480 e. The van der Waals surface area contributed by atoms with E-state index in [-0.39, 0.29) is 5.75 Å². The van der Waals surface area contributed by atoms with Crippen LogP contribution in [0, 0.1) is 0 Å². The Morgan fingerprint density at radius 2 is 2.18 bits per heavy atom. The molecule has 0 heterocycles. The Hall–Kier alpha value is -0.270. The van der Waals surface area contributed by atoms with Crippen LogP contribution in [0.3, 0.4) is 0 Å². The van der Waals surface area contributed by atoms with Crippen molar-refractivity contribution in [2.45, 2.75) is 6.04 Å². The van der Waals surface area contributed by atoms with Gasteiger partial charge in [-0.1, -0.05) is 0 Å². The second kappa shape index (κ2) is 3.93. The van der Waals surface area contributed by atoms with Gasteiger partial charge in [0.05, 0.1) is 6.26 Å². The predicted octanol–water partition coefficient (Wildman–Crippen LogP) is -1.08. The maximum absolute atomic E-state index is 10.5. The molecule has 0 unspecified atom stereocenters. The van der Waals surface area contributed by atoms with Crippen LogP contribution < -0.4 is 4.72 Å². The average Bonchev–Trinajstić information content (AvgIpc) is 1.80. The molecule has 0 aromatic rings. The van der Waals surface area contributed by atoms with Crippen LogP contribution in [0.1, 0.15) is 0 Å².